The van der Waals surface area contributed by atoms with Crippen LogP contribution in [-0.4, -0.2) is 43.1 Å². The van der Waals surface area contributed by atoms with Crippen LogP contribution in [0.1, 0.15) is 43.0 Å². The third-order valence-electron chi connectivity index (χ3n) is 5.23. The summed E-state index contributed by atoms with van der Waals surface area (Å²) in [5, 5.41) is 17.8. The first-order valence-electron chi connectivity index (χ1n) is 9.09. The van der Waals surface area contributed by atoms with Gasteiger partial charge >= 0.3 is 0 Å². The molecule has 0 aromatic heterocycles. The maximum absolute atomic E-state index is 12.5. The topological polar surface area (TPSA) is 87.5 Å². The third-order valence-corrected chi connectivity index (χ3v) is 5.23. The molecule has 136 valence electrons. The molecule has 0 saturated carbocycles. The Bertz CT molecular complexity index is 635. The monoisotopic (exact) mass is 346 g/mol. The minimum atomic E-state index is -0.380. The van der Waals surface area contributed by atoms with Gasteiger partial charge in [-0.15, -0.1) is 0 Å². The number of benzene rings is 1. The molecule has 0 unspecified atom stereocenters. The van der Waals surface area contributed by atoms with Gasteiger partial charge in [-0.1, -0.05) is 6.92 Å². The molecule has 7 nitrogen and oxygen atoms in total. The van der Waals surface area contributed by atoms with Crippen LogP contribution < -0.4 is 15.5 Å². The number of rotatable bonds is 4. The lowest BCUT2D eigenvalue weighted by Crippen LogP contribution is -2.42. The lowest BCUT2D eigenvalue weighted by atomic mass is 9.98. The zero-order valence-electron chi connectivity index (χ0n) is 14.7. The molecular weight excluding hydrogens is 320 g/mol. The normalized spacial score (nSPS) is 19.6. The van der Waals surface area contributed by atoms with Crippen LogP contribution in [0.2, 0.25) is 0 Å². The van der Waals surface area contributed by atoms with Crippen molar-refractivity contribution in [2.24, 2.45) is 5.92 Å². The number of carbonyl (C=O) groups is 1. The molecule has 3 rings (SSSR count). The molecule has 2 saturated heterocycles. The molecular formula is C18H26N4O3. The van der Waals surface area contributed by atoms with Crippen molar-refractivity contribution < 1.29 is 9.72 Å². The first kappa shape index (κ1) is 17.7. The molecule has 25 heavy (non-hydrogen) atoms. The van der Waals surface area contributed by atoms with Gasteiger partial charge < -0.3 is 15.5 Å². The number of nitrogens with one attached hydrogen (secondary N) is 2. The Kier molecular flexibility index (Phi) is 5.53. The summed E-state index contributed by atoms with van der Waals surface area (Å²) in [7, 11) is 0. The maximum atomic E-state index is 12.5. The smallest absolute Gasteiger partial charge is 0.293 e. The summed E-state index contributed by atoms with van der Waals surface area (Å²) in [5.74, 6) is 0.430. The summed E-state index contributed by atoms with van der Waals surface area (Å²) in [6, 6.07) is 4.99. The first-order chi connectivity index (χ1) is 12.0. The fourth-order valence-corrected chi connectivity index (χ4v) is 3.56. The van der Waals surface area contributed by atoms with E-state index in [1.807, 2.05) is 0 Å². The van der Waals surface area contributed by atoms with Gasteiger partial charge in [-0.05, 0) is 56.8 Å². The average Bonchev–Trinajstić information content (AvgIpc) is 2.62. The summed E-state index contributed by atoms with van der Waals surface area (Å²) < 4.78 is 0. The fraction of sp³-hybridized carbons (Fsp3) is 0.611. The standard InChI is InChI=1S/C18H26N4O3/c1-13-6-10-21(11-7-13)16-3-2-14(12-17(16)22(24)25)18(23)20-15-4-8-19-9-5-15/h2-3,12-13,15,19H,4-11H2,1H3,(H,20,23). The second kappa shape index (κ2) is 7.82. The van der Waals surface area contributed by atoms with E-state index in [9.17, 15) is 14.9 Å². The number of anilines is 1. The zero-order valence-corrected chi connectivity index (χ0v) is 14.7. The highest BCUT2D eigenvalue weighted by atomic mass is 16.6. The minimum absolute atomic E-state index is 0.0208. The highest BCUT2D eigenvalue weighted by molar-refractivity contribution is 5.96. The van der Waals surface area contributed by atoms with Crippen LogP contribution in [0.15, 0.2) is 18.2 Å². The molecule has 0 spiro atoms. The highest BCUT2D eigenvalue weighted by Gasteiger charge is 2.25. The van der Waals surface area contributed by atoms with E-state index in [1.54, 1.807) is 12.1 Å². The summed E-state index contributed by atoms with van der Waals surface area (Å²) in [6.45, 7) is 5.63. The second-order valence-corrected chi connectivity index (χ2v) is 7.13. The predicted octanol–water partition coefficient (Wildman–Crippen LogP) is 2.31. The van der Waals surface area contributed by atoms with Gasteiger partial charge in [0.25, 0.3) is 11.6 Å². The van der Waals surface area contributed by atoms with E-state index >= 15 is 0 Å². The largest absolute Gasteiger partial charge is 0.366 e. The molecule has 2 aliphatic heterocycles. The molecule has 0 bridgehead atoms. The van der Waals surface area contributed by atoms with Crippen molar-refractivity contribution in [3.05, 3.63) is 33.9 Å². The molecule has 0 aliphatic carbocycles. The van der Waals surface area contributed by atoms with Crippen molar-refractivity contribution in [1.29, 1.82) is 0 Å². The molecule has 1 aromatic rings. The average molecular weight is 346 g/mol. The van der Waals surface area contributed by atoms with Crippen LogP contribution in [0.25, 0.3) is 0 Å². The maximum Gasteiger partial charge on any atom is 0.293 e. The number of hydrogen-bond donors (Lipinski definition) is 2. The van der Waals surface area contributed by atoms with Crippen LogP contribution >= 0.6 is 0 Å². The second-order valence-electron chi connectivity index (χ2n) is 7.13. The van der Waals surface area contributed by atoms with Crippen LogP contribution in [0.4, 0.5) is 11.4 Å². The van der Waals surface area contributed by atoms with Gasteiger partial charge in [0.15, 0.2) is 0 Å². The molecule has 7 heteroatoms. The Labute approximate surface area is 147 Å². The van der Waals surface area contributed by atoms with Gasteiger partial charge in [0, 0.05) is 30.8 Å². The van der Waals surface area contributed by atoms with Crippen molar-refractivity contribution in [2.75, 3.05) is 31.1 Å². The Hall–Kier alpha value is -2.15. The number of piperidine rings is 2. The number of nitrogens with zero attached hydrogens (tertiary/aromatic N) is 2. The molecule has 2 N–H and O–H groups in total. The van der Waals surface area contributed by atoms with Crippen LogP contribution in [-0.2, 0) is 0 Å². The number of carbonyl (C=O) groups excluding carboxylic acids is 1. The van der Waals surface area contributed by atoms with Crippen molar-refractivity contribution >= 4 is 17.3 Å². The molecule has 2 aliphatic rings. The van der Waals surface area contributed by atoms with Crippen molar-refractivity contribution in [2.45, 2.75) is 38.6 Å². The molecule has 2 heterocycles. The summed E-state index contributed by atoms with van der Waals surface area (Å²) >= 11 is 0. The van der Waals surface area contributed by atoms with Gasteiger partial charge in [-0.3, -0.25) is 14.9 Å². The van der Waals surface area contributed by atoms with Gasteiger partial charge in [0.1, 0.15) is 5.69 Å². The zero-order chi connectivity index (χ0) is 17.8. The van der Waals surface area contributed by atoms with Crippen molar-refractivity contribution in [1.82, 2.24) is 10.6 Å². The third kappa shape index (κ3) is 4.28. The van der Waals surface area contributed by atoms with E-state index in [0.29, 0.717) is 17.2 Å². The van der Waals surface area contributed by atoms with Crippen LogP contribution in [0, 0.1) is 16.0 Å². The molecule has 0 radical (unpaired) electrons. The quantitative estimate of drug-likeness (QED) is 0.645. The van der Waals surface area contributed by atoms with Gasteiger partial charge in [0.05, 0.1) is 4.92 Å². The number of nitro benzene ring substituents is 1. The number of nitro groups is 1. The van der Waals surface area contributed by atoms with Gasteiger partial charge in [-0.25, -0.2) is 0 Å². The Morgan fingerprint density at radius 1 is 1.24 bits per heavy atom. The molecule has 1 amide bonds. The van der Waals surface area contributed by atoms with E-state index in [0.717, 1.165) is 51.9 Å². The van der Waals surface area contributed by atoms with Crippen LogP contribution in [0.5, 0.6) is 0 Å². The molecule has 1 aromatic carbocycles. The summed E-state index contributed by atoms with van der Waals surface area (Å²) in [5.41, 5.74) is 1.00. The summed E-state index contributed by atoms with van der Waals surface area (Å²) in [6.07, 6.45) is 3.85. The number of hydrogen-bond acceptors (Lipinski definition) is 5. The Balaban J connectivity index is 1.76. The lowest BCUT2D eigenvalue weighted by Gasteiger charge is -2.31. The van der Waals surface area contributed by atoms with Crippen molar-refractivity contribution in [3.63, 3.8) is 0 Å². The van der Waals surface area contributed by atoms with E-state index in [1.165, 1.54) is 6.07 Å². The fourth-order valence-electron chi connectivity index (χ4n) is 3.56. The van der Waals surface area contributed by atoms with Crippen molar-refractivity contribution in [3.8, 4) is 0 Å². The van der Waals surface area contributed by atoms with E-state index < -0.39 is 0 Å². The van der Waals surface area contributed by atoms with Crippen LogP contribution in [0.3, 0.4) is 0 Å². The predicted molar refractivity (Wildman–Crippen MR) is 97.1 cm³/mol. The lowest BCUT2D eigenvalue weighted by molar-refractivity contribution is -0.384. The minimum Gasteiger partial charge on any atom is -0.366 e. The van der Waals surface area contributed by atoms with E-state index in [4.69, 9.17) is 0 Å². The SMILES string of the molecule is CC1CCN(c2ccc(C(=O)NC3CCNCC3)cc2[N+](=O)[O-])CC1. The Morgan fingerprint density at radius 3 is 2.56 bits per heavy atom. The van der Waals surface area contributed by atoms with Gasteiger partial charge in [-0.2, -0.15) is 0 Å². The van der Waals surface area contributed by atoms with E-state index in [-0.39, 0.29) is 22.6 Å². The summed E-state index contributed by atoms with van der Waals surface area (Å²) in [4.78, 5) is 25.7. The Morgan fingerprint density at radius 2 is 1.92 bits per heavy atom. The molecule has 2 fully saturated rings. The number of amides is 1. The van der Waals surface area contributed by atoms with E-state index in [2.05, 4.69) is 22.5 Å². The van der Waals surface area contributed by atoms with Gasteiger partial charge in [0.2, 0.25) is 0 Å². The highest BCUT2D eigenvalue weighted by Crippen LogP contribution is 2.32. The molecule has 0 atom stereocenters. The first-order valence-corrected chi connectivity index (χ1v) is 9.09.